The highest BCUT2D eigenvalue weighted by molar-refractivity contribution is 5.92. The van der Waals surface area contributed by atoms with Gasteiger partial charge < -0.3 is 14.8 Å². The Morgan fingerprint density at radius 2 is 1.79 bits per heavy atom. The zero-order valence-corrected chi connectivity index (χ0v) is 12.9. The summed E-state index contributed by atoms with van der Waals surface area (Å²) in [6, 6.07) is 12.2. The summed E-state index contributed by atoms with van der Waals surface area (Å²) in [5.41, 5.74) is 0.992. The first-order valence-electron chi connectivity index (χ1n) is 7.23. The number of amides is 1. The number of benzene rings is 2. The lowest BCUT2D eigenvalue weighted by Crippen LogP contribution is -2.18. The average molecular weight is 339 g/mol. The van der Waals surface area contributed by atoms with Gasteiger partial charge in [-0.1, -0.05) is 18.2 Å². The second-order valence-corrected chi connectivity index (χ2v) is 4.88. The molecule has 128 valence electrons. The van der Waals surface area contributed by atoms with Crippen LogP contribution in [-0.2, 0) is 11.2 Å². The van der Waals surface area contributed by atoms with Crippen molar-refractivity contribution >= 4 is 11.6 Å². The Kier molecular flexibility index (Phi) is 5.68. The molecular weight excluding hydrogens is 323 g/mol. The Bertz CT molecular complexity index is 684. The lowest BCUT2D eigenvalue weighted by molar-refractivity contribution is -0.274. The van der Waals surface area contributed by atoms with Gasteiger partial charge in [0.1, 0.15) is 11.5 Å². The van der Waals surface area contributed by atoms with Gasteiger partial charge in [0.15, 0.2) is 0 Å². The molecule has 24 heavy (non-hydrogen) atoms. The molecule has 0 saturated heterocycles. The van der Waals surface area contributed by atoms with Crippen LogP contribution in [0.1, 0.15) is 12.5 Å². The number of nitrogens with one attached hydrogen (secondary N) is 1. The Hall–Kier alpha value is -2.70. The van der Waals surface area contributed by atoms with Gasteiger partial charge in [-0.25, -0.2) is 0 Å². The molecule has 0 bridgehead atoms. The fraction of sp³-hybridized carbons (Fsp3) is 0.235. The molecule has 0 atom stereocenters. The highest BCUT2D eigenvalue weighted by Crippen LogP contribution is 2.25. The molecule has 0 aromatic heterocycles. The normalized spacial score (nSPS) is 11.0. The maximum absolute atomic E-state index is 12.2. The zero-order valence-electron chi connectivity index (χ0n) is 12.9. The van der Waals surface area contributed by atoms with E-state index in [0.717, 1.165) is 17.7 Å². The average Bonchev–Trinajstić information content (AvgIpc) is 2.48. The Balaban J connectivity index is 1.95. The van der Waals surface area contributed by atoms with E-state index >= 15 is 0 Å². The predicted octanol–water partition coefficient (Wildman–Crippen LogP) is 4.17. The largest absolute Gasteiger partial charge is 0.573 e. The molecule has 0 aliphatic heterocycles. The zero-order chi connectivity index (χ0) is 17.6. The SMILES string of the molecule is CCOc1ccc(CC(=O)Nc2cccc(OC(F)(F)F)c2)cc1. The molecule has 0 fully saturated rings. The van der Waals surface area contributed by atoms with Crippen LogP contribution in [-0.4, -0.2) is 18.9 Å². The van der Waals surface area contributed by atoms with Crippen molar-refractivity contribution in [2.45, 2.75) is 19.7 Å². The minimum absolute atomic E-state index is 0.0940. The van der Waals surface area contributed by atoms with Crippen molar-refractivity contribution in [3.05, 3.63) is 54.1 Å². The molecule has 4 nitrogen and oxygen atoms in total. The molecule has 1 amide bonds. The molecule has 0 aliphatic carbocycles. The first-order valence-corrected chi connectivity index (χ1v) is 7.23. The summed E-state index contributed by atoms with van der Waals surface area (Å²) in [6.45, 7) is 2.42. The van der Waals surface area contributed by atoms with Gasteiger partial charge in [0.2, 0.25) is 5.91 Å². The molecular formula is C17H16F3NO3. The number of ether oxygens (including phenoxy) is 2. The minimum Gasteiger partial charge on any atom is -0.494 e. The Morgan fingerprint density at radius 1 is 1.08 bits per heavy atom. The molecule has 0 aliphatic rings. The van der Waals surface area contributed by atoms with Crippen LogP contribution in [0.5, 0.6) is 11.5 Å². The van der Waals surface area contributed by atoms with Crippen molar-refractivity contribution in [2.75, 3.05) is 11.9 Å². The van der Waals surface area contributed by atoms with Crippen molar-refractivity contribution in [3.63, 3.8) is 0 Å². The smallest absolute Gasteiger partial charge is 0.494 e. The Morgan fingerprint density at radius 3 is 2.42 bits per heavy atom. The number of rotatable bonds is 6. The number of alkyl halides is 3. The molecule has 2 aromatic carbocycles. The van der Waals surface area contributed by atoms with E-state index in [2.05, 4.69) is 10.1 Å². The van der Waals surface area contributed by atoms with Crippen LogP contribution in [0.4, 0.5) is 18.9 Å². The second kappa shape index (κ2) is 7.72. The molecule has 2 aromatic rings. The molecule has 0 saturated carbocycles. The van der Waals surface area contributed by atoms with Gasteiger partial charge in [0.25, 0.3) is 0 Å². The summed E-state index contributed by atoms with van der Waals surface area (Å²) in [5.74, 6) is -0.0247. The topological polar surface area (TPSA) is 47.6 Å². The predicted molar refractivity (Wildman–Crippen MR) is 83.1 cm³/mol. The van der Waals surface area contributed by atoms with E-state index in [4.69, 9.17) is 4.74 Å². The minimum atomic E-state index is -4.77. The number of anilines is 1. The molecule has 7 heteroatoms. The first kappa shape index (κ1) is 17.7. The fourth-order valence-electron chi connectivity index (χ4n) is 2.03. The van der Waals surface area contributed by atoms with Crippen molar-refractivity contribution in [1.82, 2.24) is 0 Å². The summed E-state index contributed by atoms with van der Waals surface area (Å²) in [5, 5.41) is 2.54. The molecule has 0 spiro atoms. The third-order valence-electron chi connectivity index (χ3n) is 2.95. The fourth-order valence-corrected chi connectivity index (χ4v) is 2.03. The van der Waals surface area contributed by atoms with E-state index in [0.29, 0.717) is 12.4 Å². The monoisotopic (exact) mass is 339 g/mol. The van der Waals surface area contributed by atoms with E-state index in [1.165, 1.54) is 12.1 Å². The summed E-state index contributed by atoms with van der Waals surface area (Å²) in [6.07, 6.45) is -4.68. The quantitative estimate of drug-likeness (QED) is 0.859. The summed E-state index contributed by atoms with van der Waals surface area (Å²) < 4.78 is 45.7. The molecule has 1 N–H and O–H groups in total. The van der Waals surface area contributed by atoms with E-state index in [1.807, 2.05) is 6.92 Å². The number of hydrogen-bond acceptors (Lipinski definition) is 3. The van der Waals surface area contributed by atoms with Gasteiger partial charge in [0.05, 0.1) is 13.0 Å². The third kappa shape index (κ3) is 5.83. The van der Waals surface area contributed by atoms with Gasteiger partial charge >= 0.3 is 6.36 Å². The number of carbonyl (C=O) groups is 1. The first-order chi connectivity index (χ1) is 11.4. The summed E-state index contributed by atoms with van der Waals surface area (Å²) >= 11 is 0. The summed E-state index contributed by atoms with van der Waals surface area (Å²) in [7, 11) is 0. The second-order valence-electron chi connectivity index (χ2n) is 4.88. The maximum atomic E-state index is 12.2. The van der Waals surface area contributed by atoms with Crippen molar-refractivity contribution in [1.29, 1.82) is 0 Å². The van der Waals surface area contributed by atoms with Gasteiger partial charge in [-0.05, 0) is 36.8 Å². The van der Waals surface area contributed by atoms with Crippen molar-refractivity contribution in [3.8, 4) is 11.5 Å². The van der Waals surface area contributed by atoms with Gasteiger partial charge in [-0.15, -0.1) is 13.2 Å². The number of hydrogen-bond donors (Lipinski definition) is 1. The van der Waals surface area contributed by atoms with Crippen molar-refractivity contribution < 1.29 is 27.4 Å². The van der Waals surface area contributed by atoms with E-state index < -0.39 is 6.36 Å². The van der Waals surface area contributed by atoms with Crippen LogP contribution < -0.4 is 14.8 Å². The van der Waals surface area contributed by atoms with Gasteiger partial charge in [-0.2, -0.15) is 0 Å². The van der Waals surface area contributed by atoms with Crippen LogP contribution >= 0.6 is 0 Å². The van der Waals surface area contributed by atoms with Crippen LogP contribution in [0, 0.1) is 0 Å². The van der Waals surface area contributed by atoms with E-state index in [-0.39, 0.29) is 23.8 Å². The van der Waals surface area contributed by atoms with E-state index in [1.54, 1.807) is 24.3 Å². The number of carbonyl (C=O) groups excluding carboxylic acids is 1. The summed E-state index contributed by atoms with van der Waals surface area (Å²) in [4.78, 5) is 12.0. The lowest BCUT2D eigenvalue weighted by atomic mass is 10.1. The highest BCUT2D eigenvalue weighted by atomic mass is 19.4. The van der Waals surface area contributed by atoms with Gasteiger partial charge in [0, 0.05) is 11.8 Å². The van der Waals surface area contributed by atoms with Crippen LogP contribution in [0.15, 0.2) is 48.5 Å². The Labute approximate surface area is 137 Å². The molecule has 0 radical (unpaired) electrons. The third-order valence-corrected chi connectivity index (χ3v) is 2.95. The standard InChI is InChI=1S/C17H16F3NO3/c1-2-23-14-8-6-12(7-9-14)10-16(22)21-13-4-3-5-15(11-13)24-17(18,19)20/h3-9,11H,2,10H2,1H3,(H,21,22). The van der Waals surface area contributed by atoms with Crippen molar-refractivity contribution in [2.24, 2.45) is 0 Å². The lowest BCUT2D eigenvalue weighted by Gasteiger charge is -2.11. The van der Waals surface area contributed by atoms with Crippen LogP contribution in [0.3, 0.4) is 0 Å². The number of halogens is 3. The highest BCUT2D eigenvalue weighted by Gasteiger charge is 2.31. The van der Waals surface area contributed by atoms with Crippen LogP contribution in [0.25, 0.3) is 0 Å². The van der Waals surface area contributed by atoms with Gasteiger partial charge in [-0.3, -0.25) is 4.79 Å². The molecule has 2 rings (SSSR count). The van der Waals surface area contributed by atoms with E-state index in [9.17, 15) is 18.0 Å². The van der Waals surface area contributed by atoms with Crippen LogP contribution in [0.2, 0.25) is 0 Å². The molecule has 0 heterocycles. The molecule has 0 unspecified atom stereocenters. The maximum Gasteiger partial charge on any atom is 0.573 e.